The van der Waals surface area contributed by atoms with E-state index < -0.39 is 0 Å². The van der Waals surface area contributed by atoms with Gasteiger partial charge in [0, 0.05) is 19.7 Å². The third-order valence-electron chi connectivity index (χ3n) is 3.99. The van der Waals surface area contributed by atoms with E-state index in [-0.39, 0.29) is 0 Å². The number of unbranched alkanes of at least 4 members (excludes halogenated alkanes) is 1. The van der Waals surface area contributed by atoms with Gasteiger partial charge in [0.05, 0.1) is 13.2 Å². The number of hydrogen-bond acceptors (Lipinski definition) is 2. The maximum atomic E-state index is 5.72. The number of benzene rings is 2. The van der Waals surface area contributed by atoms with Crippen LogP contribution in [0.15, 0.2) is 65.7 Å². The lowest BCUT2D eigenvalue weighted by molar-refractivity contribution is 0.133. The lowest BCUT2D eigenvalue weighted by Crippen LogP contribution is -2.37. The van der Waals surface area contributed by atoms with E-state index in [1.54, 1.807) is 0 Å². The molecule has 140 valence electrons. The lowest BCUT2D eigenvalue weighted by atomic mass is 10.2. The van der Waals surface area contributed by atoms with Gasteiger partial charge in [-0.1, -0.05) is 60.7 Å². The van der Waals surface area contributed by atoms with Crippen LogP contribution in [0.2, 0.25) is 0 Å². The highest BCUT2D eigenvalue weighted by atomic mass is 16.5. The number of hydrogen-bond donors (Lipinski definition) is 2. The first-order valence-corrected chi connectivity index (χ1v) is 9.56. The average molecular weight is 354 g/mol. The summed E-state index contributed by atoms with van der Waals surface area (Å²) in [6.07, 6.45) is 3.11. The Labute approximate surface area is 157 Å². The van der Waals surface area contributed by atoms with E-state index >= 15 is 0 Å². The van der Waals surface area contributed by atoms with Gasteiger partial charge in [-0.25, -0.2) is 4.99 Å². The minimum Gasteiger partial charge on any atom is -0.381 e. The van der Waals surface area contributed by atoms with Crippen LogP contribution in [-0.4, -0.2) is 32.3 Å². The fourth-order valence-electron chi connectivity index (χ4n) is 2.57. The van der Waals surface area contributed by atoms with Crippen molar-refractivity contribution in [3.63, 3.8) is 0 Å². The molecule has 0 saturated heterocycles. The molecule has 2 N–H and O–H groups in total. The second-order valence-electron chi connectivity index (χ2n) is 6.16. The first-order chi connectivity index (χ1) is 12.9. The van der Waals surface area contributed by atoms with Crippen molar-refractivity contribution in [2.75, 3.05) is 26.3 Å². The van der Waals surface area contributed by atoms with Gasteiger partial charge in [0.15, 0.2) is 5.96 Å². The summed E-state index contributed by atoms with van der Waals surface area (Å²) in [4.78, 5) is 4.63. The summed E-state index contributed by atoms with van der Waals surface area (Å²) in [5, 5.41) is 6.68. The van der Waals surface area contributed by atoms with Crippen LogP contribution in [0.3, 0.4) is 0 Å². The van der Waals surface area contributed by atoms with Gasteiger partial charge in [-0.2, -0.15) is 0 Å². The topological polar surface area (TPSA) is 45.7 Å². The summed E-state index contributed by atoms with van der Waals surface area (Å²) in [5.74, 6) is 0.876. The monoisotopic (exact) mass is 353 g/mol. The van der Waals surface area contributed by atoms with E-state index in [2.05, 4.69) is 58.9 Å². The standard InChI is InChI=1S/C22H31N3O/c1-2-23-22(25-19-21-13-7-4-8-14-21)24-16-9-10-17-26-18-15-20-11-5-3-6-12-20/h3-8,11-14H,2,9-10,15-19H2,1H3,(H2,23,24,25). The van der Waals surface area contributed by atoms with Crippen molar-refractivity contribution in [1.82, 2.24) is 10.6 Å². The van der Waals surface area contributed by atoms with E-state index in [4.69, 9.17) is 4.74 Å². The molecule has 0 heterocycles. The van der Waals surface area contributed by atoms with Crippen LogP contribution in [0, 0.1) is 0 Å². The predicted octanol–water partition coefficient (Wildman–Crippen LogP) is 3.78. The number of guanidine groups is 1. The van der Waals surface area contributed by atoms with Gasteiger partial charge < -0.3 is 15.4 Å². The van der Waals surface area contributed by atoms with Gasteiger partial charge in [0.2, 0.25) is 0 Å². The van der Waals surface area contributed by atoms with Gasteiger partial charge in [0.1, 0.15) is 0 Å². The van der Waals surface area contributed by atoms with Gasteiger partial charge in [0.25, 0.3) is 0 Å². The van der Waals surface area contributed by atoms with Gasteiger partial charge in [-0.05, 0) is 37.3 Å². The number of nitrogens with one attached hydrogen (secondary N) is 2. The highest BCUT2D eigenvalue weighted by Gasteiger charge is 1.98. The highest BCUT2D eigenvalue weighted by Crippen LogP contribution is 2.01. The maximum Gasteiger partial charge on any atom is 0.191 e. The molecule has 0 aliphatic rings. The molecule has 0 amide bonds. The Kier molecular flexibility index (Phi) is 9.96. The highest BCUT2D eigenvalue weighted by molar-refractivity contribution is 5.79. The minimum absolute atomic E-state index is 0.693. The van der Waals surface area contributed by atoms with E-state index in [0.717, 1.165) is 51.5 Å². The Hall–Kier alpha value is -2.33. The number of rotatable bonds is 11. The van der Waals surface area contributed by atoms with Crippen LogP contribution < -0.4 is 10.6 Å². The molecule has 0 atom stereocenters. The van der Waals surface area contributed by atoms with Crippen LogP contribution in [0.1, 0.15) is 30.9 Å². The number of nitrogens with zero attached hydrogens (tertiary/aromatic N) is 1. The van der Waals surface area contributed by atoms with Crippen LogP contribution in [0.25, 0.3) is 0 Å². The van der Waals surface area contributed by atoms with Crippen molar-refractivity contribution in [3.8, 4) is 0 Å². The first-order valence-electron chi connectivity index (χ1n) is 9.56. The third kappa shape index (κ3) is 8.67. The summed E-state index contributed by atoms with van der Waals surface area (Å²) in [5.41, 5.74) is 2.55. The van der Waals surface area contributed by atoms with Crippen LogP contribution in [0.5, 0.6) is 0 Å². The lowest BCUT2D eigenvalue weighted by Gasteiger charge is -2.11. The van der Waals surface area contributed by atoms with Crippen molar-refractivity contribution in [1.29, 1.82) is 0 Å². The molecular formula is C22H31N3O. The molecule has 2 aromatic carbocycles. The molecule has 0 aliphatic heterocycles. The van der Waals surface area contributed by atoms with Crippen molar-refractivity contribution in [2.45, 2.75) is 32.7 Å². The Balaban J connectivity index is 1.54. The summed E-state index contributed by atoms with van der Waals surface area (Å²) >= 11 is 0. The number of aliphatic imine (C=N–C) groups is 1. The quantitative estimate of drug-likeness (QED) is 0.367. The molecule has 0 radical (unpaired) electrons. The SMILES string of the molecule is CCNC(=NCc1ccccc1)NCCCCOCCc1ccccc1. The van der Waals surface area contributed by atoms with Crippen molar-refractivity contribution >= 4 is 5.96 Å². The first kappa shape index (κ1) is 20.0. The van der Waals surface area contributed by atoms with Crippen molar-refractivity contribution < 1.29 is 4.74 Å². The fraction of sp³-hybridized carbons (Fsp3) is 0.409. The molecule has 0 fully saturated rings. The van der Waals surface area contributed by atoms with Gasteiger partial charge >= 0.3 is 0 Å². The second kappa shape index (κ2) is 13.0. The van der Waals surface area contributed by atoms with Gasteiger partial charge in [-0.3, -0.25) is 0 Å². The molecule has 4 nitrogen and oxygen atoms in total. The Morgan fingerprint density at radius 2 is 1.54 bits per heavy atom. The average Bonchev–Trinajstić information content (AvgIpc) is 2.69. The van der Waals surface area contributed by atoms with Gasteiger partial charge in [-0.15, -0.1) is 0 Å². The molecule has 0 aliphatic carbocycles. The summed E-state index contributed by atoms with van der Waals surface area (Å²) in [6.45, 7) is 6.15. The van der Waals surface area contributed by atoms with Crippen LogP contribution in [0.4, 0.5) is 0 Å². The molecule has 0 aromatic heterocycles. The zero-order valence-corrected chi connectivity index (χ0v) is 15.8. The molecule has 2 rings (SSSR count). The Morgan fingerprint density at radius 3 is 2.23 bits per heavy atom. The largest absolute Gasteiger partial charge is 0.381 e. The number of ether oxygens (including phenoxy) is 1. The molecule has 0 spiro atoms. The molecule has 0 unspecified atom stereocenters. The Bertz CT molecular complexity index is 614. The van der Waals surface area contributed by atoms with E-state index in [1.807, 2.05) is 24.3 Å². The van der Waals surface area contributed by atoms with E-state index in [0.29, 0.717) is 6.54 Å². The smallest absolute Gasteiger partial charge is 0.191 e. The van der Waals surface area contributed by atoms with E-state index in [9.17, 15) is 0 Å². The molecule has 26 heavy (non-hydrogen) atoms. The minimum atomic E-state index is 0.693. The molecule has 4 heteroatoms. The van der Waals surface area contributed by atoms with Crippen LogP contribution in [-0.2, 0) is 17.7 Å². The molecule has 0 saturated carbocycles. The molecule has 0 bridgehead atoms. The van der Waals surface area contributed by atoms with Crippen LogP contribution >= 0.6 is 0 Å². The molecular weight excluding hydrogens is 322 g/mol. The maximum absolute atomic E-state index is 5.72. The summed E-state index contributed by atoms with van der Waals surface area (Å²) < 4.78 is 5.72. The molecule has 2 aromatic rings. The van der Waals surface area contributed by atoms with E-state index in [1.165, 1.54) is 11.1 Å². The third-order valence-corrected chi connectivity index (χ3v) is 3.99. The summed E-state index contributed by atoms with van der Waals surface area (Å²) in [7, 11) is 0. The predicted molar refractivity (Wildman–Crippen MR) is 109 cm³/mol. The summed E-state index contributed by atoms with van der Waals surface area (Å²) in [6, 6.07) is 20.8. The van der Waals surface area contributed by atoms with Crippen molar-refractivity contribution in [3.05, 3.63) is 71.8 Å². The Morgan fingerprint density at radius 1 is 0.846 bits per heavy atom. The normalized spacial score (nSPS) is 11.3. The second-order valence-corrected chi connectivity index (χ2v) is 6.16. The fourth-order valence-corrected chi connectivity index (χ4v) is 2.57. The zero-order chi connectivity index (χ0) is 18.3. The zero-order valence-electron chi connectivity index (χ0n) is 15.8. The van der Waals surface area contributed by atoms with Crippen molar-refractivity contribution in [2.24, 2.45) is 4.99 Å².